The van der Waals surface area contributed by atoms with Gasteiger partial charge in [-0.2, -0.15) is 15.0 Å². The zero-order chi connectivity index (χ0) is 18.6. The van der Waals surface area contributed by atoms with Crippen molar-refractivity contribution in [1.29, 1.82) is 0 Å². The molecule has 1 aliphatic rings. The second-order valence-corrected chi connectivity index (χ2v) is 6.81. The minimum atomic E-state index is 0.143. The molecule has 0 spiro atoms. The maximum Gasteiger partial charge on any atom is 0.227 e. The molecule has 3 aromatic rings. The Labute approximate surface area is 158 Å². The van der Waals surface area contributed by atoms with E-state index in [2.05, 4.69) is 34.6 Å². The van der Waals surface area contributed by atoms with E-state index in [4.69, 9.17) is 0 Å². The van der Waals surface area contributed by atoms with Gasteiger partial charge >= 0.3 is 0 Å². The Bertz CT molecular complexity index is 921. The molecule has 1 atom stereocenters. The largest absolute Gasteiger partial charge is 0.312 e. The molecule has 1 saturated heterocycles. The normalized spacial score (nSPS) is 15.3. The highest BCUT2D eigenvalue weighted by atomic mass is 16.2. The number of benzene rings is 2. The van der Waals surface area contributed by atoms with Gasteiger partial charge < -0.3 is 10.2 Å². The van der Waals surface area contributed by atoms with E-state index in [-0.39, 0.29) is 11.9 Å². The van der Waals surface area contributed by atoms with Gasteiger partial charge in [0.1, 0.15) is 0 Å². The molecule has 6 heteroatoms. The molecule has 4 rings (SSSR count). The molecule has 1 amide bonds. The second kappa shape index (κ2) is 7.72. The minimum Gasteiger partial charge on any atom is -0.312 e. The molecule has 27 heavy (non-hydrogen) atoms. The van der Waals surface area contributed by atoms with E-state index in [1.807, 2.05) is 47.4 Å². The summed E-state index contributed by atoms with van der Waals surface area (Å²) in [6, 6.07) is 18.2. The molecule has 0 aliphatic carbocycles. The summed E-state index contributed by atoms with van der Waals surface area (Å²) in [4.78, 5) is 15.5. The average molecular weight is 361 g/mol. The van der Waals surface area contributed by atoms with Crippen molar-refractivity contribution in [2.75, 3.05) is 11.4 Å². The molecule has 1 fully saturated rings. The smallest absolute Gasteiger partial charge is 0.227 e. The topological polar surface area (TPSA) is 63.1 Å². The fourth-order valence-electron chi connectivity index (χ4n) is 3.32. The third-order valence-electron chi connectivity index (χ3n) is 4.87. The molecular formula is C21H23N5O. The standard InChI is InChI=1S/C21H23N5O/c1-16(17-7-5-10-20(13-17)25-12-6-11-21(25)27)22-14-18-15-23-26(24-18)19-8-3-2-4-9-19/h2-5,7-10,13,15-16,22H,6,11-12,14H2,1H3. The van der Waals surface area contributed by atoms with Gasteiger partial charge in [0.15, 0.2) is 0 Å². The monoisotopic (exact) mass is 361 g/mol. The first-order valence-electron chi connectivity index (χ1n) is 9.31. The zero-order valence-corrected chi connectivity index (χ0v) is 15.4. The quantitative estimate of drug-likeness (QED) is 0.732. The molecule has 1 aromatic heterocycles. The number of carbonyl (C=O) groups is 1. The lowest BCUT2D eigenvalue weighted by molar-refractivity contribution is -0.117. The Balaban J connectivity index is 1.40. The highest BCUT2D eigenvalue weighted by Crippen LogP contribution is 2.24. The number of nitrogens with zero attached hydrogens (tertiary/aromatic N) is 4. The van der Waals surface area contributed by atoms with Gasteiger partial charge in [-0.15, -0.1) is 0 Å². The molecule has 138 valence electrons. The third kappa shape index (κ3) is 3.90. The second-order valence-electron chi connectivity index (χ2n) is 6.81. The van der Waals surface area contributed by atoms with Gasteiger partial charge in [0.2, 0.25) is 5.91 Å². The number of nitrogens with one attached hydrogen (secondary N) is 1. The molecule has 1 unspecified atom stereocenters. The van der Waals surface area contributed by atoms with Gasteiger partial charge in [-0.05, 0) is 43.2 Å². The van der Waals surface area contributed by atoms with Crippen molar-refractivity contribution in [2.24, 2.45) is 0 Å². The molecule has 0 bridgehead atoms. The Morgan fingerprint density at radius 2 is 1.93 bits per heavy atom. The van der Waals surface area contributed by atoms with Crippen LogP contribution in [0.25, 0.3) is 5.69 Å². The number of hydrogen-bond donors (Lipinski definition) is 1. The van der Waals surface area contributed by atoms with Crippen molar-refractivity contribution in [3.63, 3.8) is 0 Å². The fourth-order valence-corrected chi connectivity index (χ4v) is 3.32. The number of amides is 1. The van der Waals surface area contributed by atoms with E-state index in [1.54, 1.807) is 11.0 Å². The Kier molecular flexibility index (Phi) is 4.98. The number of para-hydroxylation sites is 1. The first-order valence-corrected chi connectivity index (χ1v) is 9.31. The molecule has 0 radical (unpaired) electrons. The van der Waals surface area contributed by atoms with E-state index in [0.717, 1.165) is 35.6 Å². The van der Waals surface area contributed by atoms with Crippen molar-refractivity contribution in [1.82, 2.24) is 20.3 Å². The molecule has 6 nitrogen and oxygen atoms in total. The number of anilines is 1. The lowest BCUT2D eigenvalue weighted by Crippen LogP contribution is -2.24. The maximum atomic E-state index is 12.0. The van der Waals surface area contributed by atoms with Crippen molar-refractivity contribution in [2.45, 2.75) is 32.4 Å². The van der Waals surface area contributed by atoms with Crippen LogP contribution in [0.15, 0.2) is 60.8 Å². The summed E-state index contributed by atoms with van der Waals surface area (Å²) < 4.78 is 0. The lowest BCUT2D eigenvalue weighted by atomic mass is 10.1. The summed E-state index contributed by atoms with van der Waals surface area (Å²) in [5, 5.41) is 12.3. The Morgan fingerprint density at radius 1 is 1.11 bits per heavy atom. The average Bonchev–Trinajstić information content (AvgIpc) is 3.36. The molecule has 2 aromatic carbocycles. The summed E-state index contributed by atoms with van der Waals surface area (Å²) in [5.74, 6) is 0.213. The van der Waals surface area contributed by atoms with Crippen molar-refractivity contribution in [3.05, 3.63) is 72.1 Å². The van der Waals surface area contributed by atoms with Crippen LogP contribution < -0.4 is 10.2 Å². The van der Waals surface area contributed by atoms with E-state index < -0.39 is 0 Å². The van der Waals surface area contributed by atoms with Crippen molar-refractivity contribution in [3.8, 4) is 5.69 Å². The van der Waals surface area contributed by atoms with Gasteiger partial charge in [0, 0.05) is 31.2 Å². The van der Waals surface area contributed by atoms with Gasteiger partial charge in [0.05, 0.1) is 17.6 Å². The minimum absolute atomic E-state index is 0.143. The number of aromatic nitrogens is 3. The van der Waals surface area contributed by atoms with Crippen molar-refractivity contribution >= 4 is 11.6 Å². The summed E-state index contributed by atoms with van der Waals surface area (Å²) >= 11 is 0. The van der Waals surface area contributed by atoms with Gasteiger partial charge in [-0.1, -0.05) is 30.3 Å². The van der Waals surface area contributed by atoms with Crippen LogP contribution in [0.5, 0.6) is 0 Å². The van der Waals surface area contributed by atoms with E-state index in [0.29, 0.717) is 13.0 Å². The summed E-state index contributed by atoms with van der Waals surface area (Å²) in [6.45, 7) is 3.56. The first-order chi connectivity index (χ1) is 13.2. The molecule has 1 aliphatic heterocycles. The maximum absolute atomic E-state index is 12.0. The Hall–Kier alpha value is -2.99. The first kappa shape index (κ1) is 17.4. The SMILES string of the molecule is CC(NCc1cnn(-c2ccccc2)n1)c1cccc(N2CCCC2=O)c1. The van der Waals surface area contributed by atoms with Crippen LogP contribution in [0.3, 0.4) is 0 Å². The van der Waals surface area contributed by atoms with Crippen LogP contribution in [-0.4, -0.2) is 27.4 Å². The van der Waals surface area contributed by atoms with E-state index >= 15 is 0 Å². The highest BCUT2D eigenvalue weighted by Gasteiger charge is 2.22. The summed E-state index contributed by atoms with van der Waals surface area (Å²) in [5.41, 5.74) is 3.97. The zero-order valence-electron chi connectivity index (χ0n) is 15.4. The predicted molar refractivity (Wildman–Crippen MR) is 105 cm³/mol. The molecule has 2 heterocycles. The molecule has 1 N–H and O–H groups in total. The molecule has 0 saturated carbocycles. The van der Waals surface area contributed by atoms with Crippen LogP contribution in [-0.2, 0) is 11.3 Å². The number of rotatable bonds is 6. The summed E-state index contributed by atoms with van der Waals surface area (Å²) in [6.07, 6.45) is 3.37. The van der Waals surface area contributed by atoms with Crippen LogP contribution in [0.4, 0.5) is 5.69 Å². The lowest BCUT2D eigenvalue weighted by Gasteiger charge is -2.19. The van der Waals surface area contributed by atoms with Crippen LogP contribution >= 0.6 is 0 Å². The third-order valence-corrected chi connectivity index (χ3v) is 4.87. The number of carbonyl (C=O) groups excluding carboxylic acids is 1. The molecular weight excluding hydrogens is 338 g/mol. The van der Waals surface area contributed by atoms with Gasteiger partial charge in [0.25, 0.3) is 0 Å². The van der Waals surface area contributed by atoms with Crippen LogP contribution in [0.1, 0.15) is 37.1 Å². The van der Waals surface area contributed by atoms with E-state index in [9.17, 15) is 4.79 Å². The highest BCUT2D eigenvalue weighted by molar-refractivity contribution is 5.95. The predicted octanol–water partition coefficient (Wildman–Crippen LogP) is 3.24. The van der Waals surface area contributed by atoms with E-state index in [1.165, 1.54) is 0 Å². The van der Waals surface area contributed by atoms with Crippen LogP contribution in [0, 0.1) is 0 Å². The summed E-state index contributed by atoms with van der Waals surface area (Å²) in [7, 11) is 0. The van der Waals surface area contributed by atoms with Crippen molar-refractivity contribution < 1.29 is 4.79 Å². The van der Waals surface area contributed by atoms with Gasteiger partial charge in [-0.3, -0.25) is 4.79 Å². The number of hydrogen-bond acceptors (Lipinski definition) is 4. The van der Waals surface area contributed by atoms with Crippen LogP contribution in [0.2, 0.25) is 0 Å². The van der Waals surface area contributed by atoms with Gasteiger partial charge in [-0.25, -0.2) is 0 Å². The fraction of sp³-hybridized carbons (Fsp3) is 0.286. The Morgan fingerprint density at radius 3 is 2.70 bits per heavy atom.